The van der Waals surface area contributed by atoms with E-state index in [1.807, 2.05) is 30.3 Å². The van der Waals surface area contributed by atoms with E-state index in [4.69, 9.17) is 0 Å². The number of aromatic nitrogens is 4. The smallest absolute Gasteiger partial charge is 0.214 e. The molecular formula is C13H18ClN5S. The van der Waals surface area contributed by atoms with Crippen molar-refractivity contribution in [3.8, 4) is 5.69 Å². The molecule has 2 heterocycles. The first kappa shape index (κ1) is 15.3. The molecule has 1 aliphatic heterocycles. The Morgan fingerprint density at radius 1 is 1.30 bits per heavy atom. The Morgan fingerprint density at radius 2 is 2.15 bits per heavy atom. The van der Waals surface area contributed by atoms with Crippen LogP contribution in [0.15, 0.2) is 35.5 Å². The zero-order valence-corrected chi connectivity index (χ0v) is 12.7. The van der Waals surface area contributed by atoms with Crippen LogP contribution in [0.2, 0.25) is 0 Å². The number of benzene rings is 1. The predicted molar refractivity (Wildman–Crippen MR) is 82.7 cm³/mol. The van der Waals surface area contributed by atoms with E-state index in [-0.39, 0.29) is 12.4 Å². The summed E-state index contributed by atoms with van der Waals surface area (Å²) in [5, 5.41) is 16.3. The van der Waals surface area contributed by atoms with Crippen LogP contribution in [0.5, 0.6) is 0 Å². The van der Waals surface area contributed by atoms with Gasteiger partial charge < -0.3 is 5.32 Å². The largest absolute Gasteiger partial charge is 0.316 e. The van der Waals surface area contributed by atoms with Gasteiger partial charge in [-0.15, -0.1) is 17.5 Å². The van der Waals surface area contributed by atoms with Crippen LogP contribution in [0.25, 0.3) is 5.69 Å². The third-order valence-corrected chi connectivity index (χ3v) is 4.44. The molecule has 1 atom stereocenters. The minimum Gasteiger partial charge on any atom is -0.316 e. The van der Waals surface area contributed by atoms with E-state index in [0.717, 1.165) is 35.6 Å². The molecule has 1 fully saturated rings. The zero-order valence-electron chi connectivity index (χ0n) is 11.1. The third kappa shape index (κ3) is 3.71. The number of para-hydroxylation sites is 1. The summed E-state index contributed by atoms with van der Waals surface area (Å²) in [7, 11) is 0. The highest BCUT2D eigenvalue weighted by Crippen LogP contribution is 2.23. The summed E-state index contributed by atoms with van der Waals surface area (Å²) in [5.74, 6) is 1.79. The quantitative estimate of drug-likeness (QED) is 0.877. The highest BCUT2D eigenvalue weighted by Gasteiger charge is 2.15. The number of halogens is 1. The summed E-state index contributed by atoms with van der Waals surface area (Å²) >= 11 is 1.74. The molecule has 2 aromatic rings. The molecule has 1 saturated heterocycles. The van der Waals surface area contributed by atoms with Gasteiger partial charge in [-0.3, -0.25) is 0 Å². The van der Waals surface area contributed by atoms with Crippen LogP contribution in [0, 0.1) is 5.92 Å². The molecule has 5 nitrogen and oxygen atoms in total. The summed E-state index contributed by atoms with van der Waals surface area (Å²) in [6.07, 6.45) is 2.57. The Kier molecular flexibility index (Phi) is 5.82. The molecule has 3 rings (SSSR count). The van der Waals surface area contributed by atoms with Gasteiger partial charge in [0.2, 0.25) is 5.16 Å². The highest BCUT2D eigenvalue weighted by atomic mass is 35.5. The van der Waals surface area contributed by atoms with Crippen molar-refractivity contribution in [1.29, 1.82) is 0 Å². The molecule has 20 heavy (non-hydrogen) atoms. The minimum absolute atomic E-state index is 0. The molecule has 1 aliphatic rings. The molecule has 0 amide bonds. The van der Waals surface area contributed by atoms with E-state index in [2.05, 4.69) is 20.8 Å². The van der Waals surface area contributed by atoms with Gasteiger partial charge in [0.15, 0.2) is 0 Å². The van der Waals surface area contributed by atoms with E-state index in [1.54, 1.807) is 16.4 Å². The normalized spacial score (nSPS) is 18.5. The van der Waals surface area contributed by atoms with Gasteiger partial charge in [-0.1, -0.05) is 30.0 Å². The summed E-state index contributed by atoms with van der Waals surface area (Å²) in [5.41, 5.74) is 1.01. The first-order chi connectivity index (χ1) is 9.43. The van der Waals surface area contributed by atoms with Gasteiger partial charge in [-0.2, -0.15) is 4.68 Å². The van der Waals surface area contributed by atoms with Gasteiger partial charge >= 0.3 is 0 Å². The van der Waals surface area contributed by atoms with Crippen LogP contribution in [0.4, 0.5) is 0 Å². The fraction of sp³-hybridized carbons (Fsp3) is 0.462. The van der Waals surface area contributed by atoms with Crippen molar-refractivity contribution < 1.29 is 0 Å². The SMILES string of the molecule is Cl.c1ccc(-n2nnnc2SCC2CCCNC2)cc1. The number of nitrogens with one attached hydrogen (secondary N) is 1. The van der Waals surface area contributed by atoms with Crippen LogP contribution >= 0.6 is 24.2 Å². The van der Waals surface area contributed by atoms with Gasteiger partial charge in [0, 0.05) is 5.75 Å². The van der Waals surface area contributed by atoms with Crippen molar-refractivity contribution in [2.75, 3.05) is 18.8 Å². The van der Waals surface area contributed by atoms with E-state index in [1.165, 1.54) is 12.8 Å². The maximum absolute atomic E-state index is 4.12. The van der Waals surface area contributed by atoms with Crippen LogP contribution in [-0.2, 0) is 0 Å². The third-order valence-electron chi connectivity index (χ3n) is 3.29. The Labute approximate surface area is 128 Å². The fourth-order valence-corrected chi connectivity index (χ4v) is 3.29. The standard InChI is InChI=1S/C13H17N5S.ClH/c1-2-6-12(7-3-1)18-13(15-16-17-18)19-10-11-5-4-8-14-9-11;/h1-3,6-7,11,14H,4-5,8-10H2;1H. The minimum atomic E-state index is 0. The fourth-order valence-electron chi connectivity index (χ4n) is 2.26. The lowest BCUT2D eigenvalue weighted by molar-refractivity contribution is 0.410. The summed E-state index contributed by atoms with van der Waals surface area (Å²) in [6.45, 7) is 2.27. The maximum atomic E-state index is 4.12. The van der Waals surface area contributed by atoms with E-state index >= 15 is 0 Å². The van der Waals surface area contributed by atoms with Gasteiger partial charge in [0.25, 0.3) is 0 Å². The molecule has 0 saturated carbocycles. The molecular weight excluding hydrogens is 294 g/mol. The Hall–Kier alpha value is -1.11. The molecule has 7 heteroatoms. The van der Waals surface area contributed by atoms with Crippen LogP contribution in [-0.4, -0.2) is 39.0 Å². The van der Waals surface area contributed by atoms with Crippen molar-refractivity contribution in [3.05, 3.63) is 30.3 Å². The number of thioether (sulfide) groups is 1. The molecule has 1 aromatic heterocycles. The van der Waals surface area contributed by atoms with Crippen molar-refractivity contribution >= 4 is 24.2 Å². The lowest BCUT2D eigenvalue weighted by Gasteiger charge is -2.21. The van der Waals surface area contributed by atoms with Crippen LogP contribution in [0.3, 0.4) is 0 Å². The lowest BCUT2D eigenvalue weighted by Crippen LogP contribution is -2.31. The van der Waals surface area contributed by atoms with Crippen molar-refractivity contribution in [3.63, 3.8) is 0 Å². The number of piperidine rings is 1. The molecule has 0 aliphatic carbocycles. The first-order valence-electron chi connectivity index (χ1n) is 6.61. The number of hydrogen-bond acceptors (Lipinski definition) is 5. The zero-order chi connectivity index (χ0) is 12.9. The number of tetrazole rings is 1. The topological polar surface area (TPSA) is 55.6 Å². The number of rotatable bonds is 4. The van der Waals surface area contributed by atoms with Gasteiger partial charge in [0.1, 0.15) is 0 Å². The maximum Gasteiger partial charge on any atom is 0.214 e. The lowest BCUT2D eigenvalue weighted by atomic mass is 10.0. The average molecular weight is 312 g/mol. The molecule has 108 valence electrons. The van der Waals surface area contributed by atoms with E-state index < -0.39 is 0 Å². The second-order valence-corrected chi connectivity index (χ2v) is 5.72. The van der Waals surface area contributed by atoms with Crippen LogP contribution < -0.4 is 5.32 Å². The Morgan fingerprint density at radius 3 is 2.90 bits per heavy atom. The molecule has 1 aromatic carbocycles. The van der Waals surface area contributed by atoms with Crippen LogP contribution in [0.1, 0.15) is 12.8 Å². The Balaban J connectivity index is 0.00000147. The van der Waals surface area contributed by atoms with Gasteiger partial charge in [0.05, 0.1) is 5.69 Å². The van der Waals surface area contributed by atoms with Crippen molar-refractivity contribution in [2.45, 2.75) is 18.0 Å². The number of nitrogens with zero attached hydrogens (tertiary/aromatic N) is 4. The molecule has 0 radical (unpaired) electrons. The highest BCUT2D eigenvalue weighted by molar-refractivity contribution is 7.99. The van der Waals surface area contributed by atoms with Crippen molar-refractivity contribution in [2.24, 2.45) is 5.92 Å². The van der Waals surface area contributed by atoms with E-state index in [0.29, 0.717) is 0 Å². The van der Waals surface area contributed by atoms with Gasteiger partial charge in [-0.05, 0) is 54.4 Å². The molecule has 1 unspecified atom stereocenters. The molecule has 0 spiro atoms. The second kappa shape index (κ2) is 7.61. The Bertz CT molecular complexity index is 512. The molecule has 1 N–H and O–H groups in total. The number of hydrogen-bond donors (Lipinski definition) is 1. The van der Waals surface area contributed by atoms with Gasteiger partial charge in [-0.25, -0.2) is 0 Å². The summed E-state index contributed by atoms with van der Waals surface area (Å²) in [4.78, 5) is 0. The monoisotopic (exact) mass is 311 g/mol. The first-order valence-corrected chi connectivity index (χ1v) is 7.59. The summed E-state index contributed by atoms with van der Waals surface area (Å²) in [6, 6.07) is 10.0. The predicted octanol–water partition coefficient (Wildman–Crippen LogP) is 2.18. The van der Waals surface area contributed by atoms with Crippen molar-refractivity contribution in [1.82, 2.24) is 25.5 Å². The van der Waals surface area contributed by atoms with E-state index in [9.17, 15) is 0 Å². The second-order valence-electron chi connectivity index (χ2n) is 4.73. The average Bonchev–Trinajstić information content (AvgIpc) is 2.95. The summed E-state index contributed by atoms with van der Waals surface area (Å²) < 4.78 is 1.81. The molecule has 0 bridgehead atoms.